The molecule has 1 aromatic rings. The predicted molar refractivity (Wildman–Crippen MR) is 68.1 cm³/mol. The molecule has 0 bridgehead atoms. The number of benzene rings is 1. The van der Waals surface area contributed by atoms with Crippen molar-refractivity contribution >= 4 is 0 Å². The van der Waals surface area contributed by atoms with E-state index in [1.165, 1.54) is 23.3 Å². The Hall–Kier alpha value is -1.11. The summed E-state index contributed by atoms with van der Waals surface area (Å²) in [5.74, 6) is -0.163. The minimum atomic E-state index is -0.163. The zero-order chi connectivity index (χ0) is 12.2. The van der Waals surface area contributed by atoms with Gasteiger partial charge in [-0.1, -0.05) is 37.6 Å². The molecule has 0 aliphatic rings. The first-order valence-electron chi connectivity index (χ1n) is 5.81. The van der Waals surface area contributed by atoms with Crippen molar-refractivity contribution < 1.29 is 4.39 Å². The molecular formula is C15H21F. The van der Waals surface area contributed by atoms with Gasteiger partial charge in [-0.25, -0.2) is 4.39 Å². The smallest absolute Gasteiger partial charge is 0.123 e. The molecule has 1 aromatic carbocycles. The first-order valence-corrected chi connectivity index (χ1v) is 5.81. The summed E-state index contributed by atoms with van der Waals surface area (Å²) in [6.07, 6.45) is 4.42. The zero-order valence-corrected chi connectivity index (χ0v) is 10.7. The van der Waals surface area contributed by atoms with Crippen molar-refractivity contribution in [3.8, 4) is 0 Å². The van der Waals surface area contributed by atoms with E-state index in [9.17, 15) is 4.39 Å². The maximum Gasteiger partial charge on any atom is 0.123 e. The van der Waals surface area contributed by atoms with Crippen LogP contribution in [0.4, 0.5) is 4.39 Å². The highest BCUT2D eigenvalue weighted by molar-refractivity contribution is 5.24. The lowest BCUT2D eigenvalue weighted by Crippen LogP contribution is -2.16. The Morgan fingerprint density at radius 1 is 1.19 bits per heavy atom. The fraction of sp³-hybridized carbons (Fsp3) is 0.467. The van der Waals surface area contributed by atoms with Crippen LogP contribution in [0, 0.1) is 5.82 Å². The van der Waals surface area contributed by atoms with Crippen molar-refractivity contribution in [1.82, 2.24) is 0 Å². The maximum absolute atomic E-state index is 12.8. The lowest BCUT2D eigenvalue weighted by Gasteiger charge is -2.24. The van der Waals surface area contributed by atoms with Crippen LogP contribution in [0.15, 0.2) is 35.9 Å². The Morgan fingerprint density at radius 3 is 2.25 bits per heavy atom. The van der Waals surface area contributed by atoms with E-state index in [2.05, 4.69) is 33.8 Å². The van der Waals surface area contributed by atoms with Gasteiger partial charge < -0.3 is 0 Å². The van der Waals surface area contributed by atoms with Crippen molar-refractivity contribution in [3.63, 3.8) is 0 Å². The molecule has 0 aliphatic heterocycles. The molecule has 1 heteroatoms. The van der Waals surface area contributed by atoms with Crippen LogP contribution < -0.4 is 0 Å². The fourth-order valence-electron chi connectivity index (χ4n) is 1.77. The van der Waals surface area contributed by atoms with E-state index in [0.29, 0.717) is 0 Å². The van der Waals surface area contributed by atoms with Crippen LogP contribution in [0.2, 0.25) is 0 Å². The van der Waals surface area contributed by atoms with Gasteiger partial charge in [-0.15, -0.1) is 0 Å². The Labute approximate surface area is 98.2 Å². The van der Waals surface area contributed by atoms with Gasteiger partial charge in [-0.05, 0) is 49.8 Å². The van der Waals surface area contributed by atoms with Crippen LogP contribution in [0.5, 0.6) is 0 Å². The Morgan fingerprint density at radius 2 is 1.75 bits per heavy atom. The number of halogens is 1. The van der Waals surface area contributed by atoms with Gasteiger partial charge in [0.2, 0.25) is 0 Å². The first kappa shape index (κ1) is 13.0. The molecule has 0 spiro atoms. The minimum Gasteiger partial charge on any atom is -0.207 e. The lowest BCUT2D eigenvalue weighted by molar-refractivity contribution is 0.483. The standard InChI is InChI=1S/C15H21F/c1-12(2)6-5-11-15(3,4)13-7-9-14(16)10-8-13/h6-10H,5,11H2,1-4H3. The normalized spacial score (nSPS) is 11.3. The summed E-state index contributed by atoms with van der Waals surface area (Å²) in [4.78, 5) is 0. The van der Waals surface area contributed by atoms with Crippen LogP contribution in [-0.4, -0.2) is 0 Å². The average molecular weight is 220 g/mol. The summed E-state index contributed by atoms with van der Waals surface area (Å²) in [7, 11) is 0. The molecule has 0 saturated carbocycles. The van der Waals surface area contributed by atoms with E-state index in [1.54, 1.807) is 0 Å². The third kappa shape index (κ3) is 3.80. The van der Waals surface area contributed by atoms with E-state index in [-0.39, 0.29) is 11.2 Å². The van der Waals surface area contributed by atoms with Gasteiger partial charge in [0, 0.05) is 0 Å². The molecule has 0 aromatic heterocycles. The summed E-state index contributed by atoms with van der Waals surface area (Å²) in [6, 6.07) is 6.85. The van der Waals surface area contributed by atoms with Gasteiger partial charge in [-0.3, -0.25) is 0 Å². The van der Waals surface area contributed by atoms with E-state index >= 15 is 0 Å². The SMILES string of the molecule is CC(C)=CCCC(C)(C)c1ccc(F)cc1. The predicted octanol–water partition coefficient (Wildman–Crippen LogP) is 4.85. The Kier molecular flexibility index (Phi) is 4.28. The van der Waals surface area contributed by atoms with Gasteiger partial charge in [0.1, 0.15) is 5.82 Å². The topological polar surface area (TPSA) is 0 Å². The molecule has 0 N–H and O–H groups in total. The second kappa shape index (κ2) is 5.29. The highest BCUT2D eigenvalue weighted by Crippen LogP contribution is 2.28. The molecule has 0 amide bonds. The highest BCUT2D eigenvalue weighted by atomic mass is 19.1. The van der Waals surface area contributed by atoms with Crippen LogP contribution in [-0.2, 0) is 5.41 Å². The molecule has 88 valence electrons. The molecule has 0 unspecified atom stereocenters. The van der Waals surface area contributed by atoms with E-state index in [0.717, 1.165) is 12.8 Å². The van der Waals surface area contributed by atoms with Crippen LogP contribution in [0.1, 0.15) is 46.1 Å². The van der Waals surface area contributed by atoms with E-state index in [1.807, 2.05) is 12.1 Å². The molecule has 0 radical (unpaired) electrons. The van der Waals surface area contributed by atoms with Gasteiger partial charge >= 0.3 is 0 Å². The maximum atomic E-state index is 12.8. The van der Waals surface area contributed by atoms with Crippen LogP contribution in [0.25, 0.3) is 0 Å². The van der Waals surface area contributed by atoms with Crippen molar-refractivity contribution in [2.24, 2.45) is 0 Å². The molecule has 0 heterocycles. The third-order valence-corrected chi connectivity index (χ3v) is 2.95. The molecular weight excluding hydrogens is 199 g/mol. The van der Waals surface area contributed by atoms with Crippen molar-refractivity contribution in [3.05, 3.63) is 47.3 Å². The Balaban J connectivity index is 2.69. The van der Waals surface area contributed by atoms with Crippen LogP contribution in [0.3, 0.4) is 0 Å². The van der Waals surface area contributed by atoms with Gasteiger partial charge in [-0.2, -0.15) is 0 Å². The largest absolute Gasteiger partial charge is 0.207 e. The summed E-state index contributed by atoms with van der Waals surface area (Å²) < 4.78 is 12.8. The molecule has 0 aliphatic carbocycles. The van der Waals surface area contributed by atoms with Gasteiger partial charge in [0.15, 0.2) is 0 Å². The highest BCUT2D eigenvalue weighted by Gasteiger charge is 2.19. The van der Waals surface area contributed by atoms with Crippen molar-refractivity contribution in [2.45, 2.75) is 46.0 Å². The molecule has 0 atom stereocenters. The van der Waals surface area contributed by atoms with E-state index < -0.39 is 0 Å². The lowest BCUT2D eigenvalue weighted by atomic mass is 9.80. The molecule has 0 fully saturated rings. The molecule has 1 rings (SSSR count). The number of hydrogen-bond acceptors (Lipinski definition) is 0. The fourth-order valence-corrected chi connectivity index (χ4v) is 1.77. The molecule has 0 nitrogen and oxygen atoms in total. The second-order valence-electron chi connectivity index (χ2n) is 5.21. The van der Waals surface area contributed by atoms with E-state index in [4.69, 9.17) is 0 Å². The van der Waals surface area contributed by atoms with Gasteiger partial charge in [0.05, 0.1) is 0 Å². The summed E-state index contributed by atoms with van der Waals surface area (Å²) in [5, 5.41) is 0. The average Bonchev–Trinajstić information content (AvgIpc) is 2.17. The number of allylic oxidation sites excluding steroid dienone is 2. The second-order valence-corrected chi connectivity index (χ2v) is 5.21. The quantitative estimate of drug-likeness (QED) is 0.636. The molecule has 16 heavy (non-hydrogen) atoms. The van der Waals surface area contributed by atoms with Crippen molar-refractivity contribution in [1.29, 1.82) is 0 Å². The monoisotopic (exact) mass is 220 g/mol. The summed E-state index contributed by atoms with van der Waals surface area (Å²) in [6.45, 7) is 8.65. The first-order chi connectivity index (χ1) is 7.42. The number of hydrogen-bond donors (Lipinski definition) is 0. The molecule has 0 saturated heterocycles. The summed E-state index contributed by atoms with van der Waals surface area (Å²) in [5.41, 5.74) is 2.67. The van der Waals surface area contributed by atoms with Gasteiger partial charge in [0.25, 0.3) is 0 Å². The minimum absolute atomic E-state index is 0.111. The zero-order valence-electron chi connectivity index (χ0n) is 10.7. The Bertz CT molecular complexity index is 354. The third-order valence-electron chi connectivity index (χ3n) is 2.95. The number of rotatable bonds is 4. The summed E-state index contributed by atoms with van der Waals surface area (Å²) >= 11 is 0. The van der Waals surface area contributed by atoms with Crippen LogP contribution >= 0.6 is 0 Å². The van der Waals surface area contributed by atoms with Crippen molar-refractivity contribution in [2.75, 3.05) is 0 Å².